The number of amides is 3. The van der Waals surface area contributed by atoms with Crippen molar-refractivity contribution in [1.82, 2.24) is 10.0 Å². The fourth-order valence-corrected chi connectivity index (χ4v) is 4.46. The van der Waals surface area contributed by atoms with Crippen LogP contribution in [0.5, 0.6) is 0 Å². The van der Waals surface area contributed by atoms with Gasteiger partial charge in [-0.25, -0.2) is 9.40 Å². The van der Waals surface area contributed by atoms with E-state index in [0.29, 0.717) is 6.42 Å². The van der Waals surface area contributed by atoms with Crippen LogP contribution in [-0.4, -0.2) is 40.1 Å². The van der Waals surface area contributed by atoms with Gasteiger partial charge in [-0.3, -0.25) is 19.2 Å². The molecule has 2 aliphatic rings. The highest BCUT2D eigenvalue weighted by Gasteiger charge is 2.53. The molecular weight excluding hydrogens is 435 g/mol. The standard InChI is InChI=1S/C24H20ClFN2O4/c1-14-5-4-7-18-21(14)24(32)28(23(18)31)27(22(30)17-6-2-3-8-19(17)25)13-20(29)15-9-11-16(26)12-10-15/h2-6,8-12,14,18,21H,7,13H2,1H3/t14-,18-,21-/m1/s1. The van der Waals surface area contributed by atoms with Crippen LogP contribution in [-0.2, 0) is 9.59 Å². The van der Waals surface area contributed by atoms with Crippen molar-refractivity contribution >= 4 is 35.1 Å². The summed E-state index contributed by atoms with van der Waals surface area (Å²) < 4.78 is 13.3. The van der Waals surface area contributed by atoms with E-state index in [2.05, 4.69) is 0 Å². The zero-order chi connectivity index (χ0) is 23.0. The number of carbonyl (C=O) groups excluding carboxylic acids is 4. The summed E-state index contributed by atoms with van der Waals surface area (Å²) >= 11 is 6.19. The first kappa shape index (κ1) is 21.9. The van der Waals surface area contributed by atoms with Crippen LogP contribution in [0.2, 0.25) is 5.02 Å². The summed E-state index contributed by atoms with van der Waals surface area (Å²) in [5.41, 5.74) is 0.206. The molecule has 2 aromatic rings. The lowest BCUT2D eigenvalue weighted by Crippen LogP contribution is -2.52. The Bertz CT molecular complexity index is 1130. The summed E-state index contributed by atoms with van der Waals surface area (Å²) in [4.78, 5) is 52.8. The number of allylic oxidation sites excluding steroid dienone is 2. The second-order valence-corrected chi connectivity index (χ2v) is 8.32. The molecule has 2 aromatic carbocycles. The summed E-state index contributed by atoms with van der Waals surface area (Å²) in [7, 11) is 0. The van der Waals surface area contributed by atoms with Gasteiger partial charge in [0, 0.05) is 5.56 Å². The van der Waals surface area contributed by atoms with E-state index in [1.165, 1.54) is 24.3 Å². The van der Waals surface area contributed by atoms with Crippen molar-refractivity contribution in [2.24, 2.45) is 17.8 Å². The quantitative estimate of drug-likeness (QED) is 0.390. The lowest BCUT2D eigenvalue weighted by molar-refractivity contribution is -0.154. The predicted octanol–water partition coefficient (Wildman–Crippen LogP) is 3.92. The molecule has 4 rings (SSSR count). The van der Waals surface area contributed by atoms with Crippen molar-refractivity contribution in [2.45, 2.75) is 13.3 Å². The van der Waals surface area contributed by atoms with Gasteiger partial charge in [-0.15, -0.1) is 0 Å². The molecule has 0 spiro atoms. The number of imide groups is 1. The van der Waals surface area contributed by atoms with Crippen molar-refractivity contribution in [3.05, 3.63) is 82.6 Å². The highest BCUT2D eigenvalue weighted by molar-refractivity contribution is 6.34. The van der Waals surface area contributed by atoms with Crippen molar-refractivity contribution in [3.63, 3.8) is 0 Å². The molecular formula is C24H20ClFN2O4. The van der Waals surface area contributed by atoms with Gasteiger partial charge in [-0.2, -0.15) is 5.01 Å². The van der Waals surface area contributed by atoms with Gasteiger partial charge in [0.1, 0.15) is 12.4 Å². The molecule has 6 nitrogen and oxygen atoms in total. The molecule has 0 radical (unpaired) electrons. The molecule has 164 valence electrons. The smallest absolute Gasteiger partial charge is 0.274 e. The SMILES string of the molecule is C[C@@H]1C=CC[C@H]2C(=O)N(N(CC(=O)c3ccc(F)cc3)C(=O)c3ccccc3Cl)C(=O)[C@H]12. The number of rotatable bonds is 5. The normalized spacial score (nSPS) is 22.1. The van der Waals surface area contributed by atoms with E-state index in [1.54, 1.807) is 12.1 Å². The average Bonchev–Trinajstić information content (AvgIpc) is 3.03. The van der Waals surface area contributed by atoms with Gasteiger partial charge in [0.15, 0.2) is 5.78 Å². The maximum Gasteiger partial charge on any atom is 0.274 e. The van der Waals surface area contributed by atoms with Crippen LogP contribution in [0.1, 0.15) is 34.1 Å². The Kier molecular flexibility index (Phi) is 5.93. The Morgan fingerprint density at radius 2 is 1.78 bits per heavy atom. The second kappa shape index (κ2) is 8.67. The molecule has 0 saturated carbocycles. The topological polar surface area (TPSA) is 74.8 Å². The Balaban J connectivity index is 1.72. The van der Waals surface area contributed by atoms with Gasteiger partial charge in [0.05, 0.1) is 22.4 Å². The molecule has 1 saturated heterocycles. The predicted molar refractivity (Wildman–Crippen MR) is 115 cm³/mol. The molecule has 0 aromatic heterocycles. The third-order valence-electron chi connectivity index (χ3n) is 5.89. The lowest BCUT2D eigenvalue weighted by atomic mass is 9.78. The number of nitrogens with zero attached hydrogens (tertiary/aromatic N) is 2. The minimum atomic E-state index is -0.743. The lowest BCUT2D eigenvalue weighted by Gasteiger charge is -2.30. The first-order valence-electron chi connectivity index (χ1n) is 10.2. The van der Waals surface area contributed by atoms with Crippen LogP contribution in [0.3, 0.4) is 0 Å². The fraction of sp³-hybridized carbons (Fsp3) is 0.250. The van der Waals surface area contributed by atoms with E-state index >= 15 is 0 Å². The van der Waals surface area contributed by atoms with Gasteiger partial charge in [0.2, 0.25) is 0 Å². The molecule has 1 aliphatic carbocycles. The van der Waals surface area contributed by atoms with Gasteiger partial charge in [-0.05, 0) is 48.7 Å². The highest BCUT2D eigenvalue weighted by Crippen LogP contribution is 2.39. The van der Waals surface area contributed by atoms with E-state index in [9.17, 15) is 23.6 Å². The number of carbonyl (C=O) groups is 4. The van der Waals surface area contributed by atoms with E-state index in [-0.39, 0.29) is 22.1 Å². The molecule has 1 fully saturated rings. The molecule has 0 bridgehead atoms. The summed E-state index contributed by atoms with van der Waals surface area (Å²) in [6.45, 7) is 1.26. The molecule has 32 heavy (non-hydrogen) atoms. The number of ketones is 1. The molecule has 0 N–H and O–H groups in total. The maximum absolute atomic E-state index is 13.4. The summed E-state index contributed by atoms with van der Waals surface area (Å²) in [5.74, 6) is -4.23. The number of hydrogen-bond donors (Lipinski definition) is 0. The molecule has 0 unspecified atom stereocenters. The number of halogens is 2. The largest absolute Gasteiger partial charge is 0.292 e. The van der Waals surface area contributed by atoms with Crippen molar-refractivity contribution in [3.8, 4) is 0 Å². The summed E-state index contributed by atoms with van der Waals surface area (Å²) in [5, 5.41) is 1.79. The fourth-order valence-electron chi connectivity index (χ4n) is 4.24. The first-order chi connectivity index (χ1) is 15.3. The van der Waals surface area contributed by atoms with Crippen molar-refractivity contribution in [2.75, 3.05) is 6.54 Å². The Hall–Kier alpha value is -3.32. The number of Topliss-reactive ketones (excluding diaryl/α,β-unsaturated/α-hetero) is 1. The van der Waals surface area contributed by atoms with Crippen LogP contribution < -0.4 is 0 Å². The number of hydrazine groups is 1. The van der Waals surface area contributed by atoms with Crippen molar-refractivity contribution < 1.29 is 23.6 Å². The molecule has 1 heterocycles. The third kappa shape index (κ3) is 3.84. The Morgan fingerprint density at radius 1 is 1.09 bits per heavy atom. The van der Waals surface area contributed by atoms with Crippen LogP contribution in [0.25, 0.3) is 0 Å². The molecule has 1 aliphatic heterocycles. The Labute approximate surface area is 189 Å². The highest BCUT2D eigenvalue weighted by atomic mass is 35.5. The van der Waals surface area contributed by atoms with E-state index in [1.807, 2.05) is 19.1 Å². The van der Waals surface area contributed by atoms with Crippen LogP contribution >= 0.6 is 11.6 Å². The van der Waals surface area contributed by atoms with E-state index in [4.69, 9.17) is 11.6 Å². The van der Waals surface area contributed by atoms with Crippen LogP contribution in [0.4, 0.5) is 4.39 Å². The van der Waals surface area contributed by atoms with Gasteiger partial charge < -0.3 is 0 Å². The van der Waals surface area contributed by atoms with E-state index in [0.717, 1.165) is 22.2 Å². The van der Waals surface area contributed by atoms with E-state index < -0.39 is 47.7 Å². The summed E-state index contributed by atoms with van der Waals surface area (Å²) in [6, 6.07) is 11.0. The molecule has 8 heteroatoms. The molecule has 3 atom stereocenters. The summed E-state index contributed by atoms with van der Waals surface area (Å²) in [6.07, 6.45) is 4.11. The third-order valence-corrected chi connectivity index (χ3v) is 6.22. The van der Waals surface area contributed by atoms with Crippen LogP contribution in [0, 0.1) is 23.6 Å². The minimum absolute atomic E-state index is 0.0581. The Morgan fingerprint density at radius 3 is 2.44 bits per heavy atom. The average molecular weight is 455 g/mol. The number of benzene rings is 2. The maximum atomic E-state index is 13.4. The zero-order valence-corrected chi connectivity index (χ0v) is 18.0. The van der Waals surface area contributed by atoms with Gasteiger partial charge >= 0.3 is 0 Å². The minimum Gasteiger partial charge on any atom is -0.292 e. The van der Waals surface area contributed by atoms with Crippen molar-refractivity contribution in [1.29, 1.82) is 0 Å². The second-order valence-electron chi connectivity index (χ2n) is 7.92. The van der Waals surface area contributed by atoms with Gasteiger partial charge in [0.25, 0.3) is 17.7 Å². The van der Waals surface area contributed by atoms with Gasteiger partial charge in [-0.1, -0.05) is 42.8 Å². The molecule has 3 amide bonds. The number of fused-ring (bicyclic) bond motifs is 1. The zero-order valence-electron chi connectivity index (χ0n) is 17.2. The first-order valence-corrected chi connectivity index (χ1v) is 10.6. The monoisotopic (exact) mass is 454 g/mol. The van der Waals surface area contributed by atoms with Crippen LogP contribution in [0.15, 0.2) is 60.7 Å². The number of hydrogen-bond acceptors (Lipinski definition) is 4.